The third-order valence-corrected chi connectivity index (χ3v) is 3.14. The Hall–Kier alpha value is -1.56. The summed E-state index contributed by atoms with van der Waals surface area (Å²) < 4.78 is 7.29. The lowest BCUT2D eigenvalue weighted by atomic mass is 10.2. The van der Waals surface area contributed by atoms with E-state index >= 15 is 0 Å². The van der Waals surface area contributed by atoms with Gasteiger partial charge in [-0.2, -0.15) is 5.10 Å². The number of rotatable bonds is 9. The maximum absolute atomic E-state index is 5.84. The summed E-state index contributed by atoms with van der Waals surface area (Å²) in [6.45, 7) is 12.1. The van der Waals surface area contributed by atoms with Gasteiger partial charge in [0.05, 0.1) is 5.69 Å². The summed E-state index contributed by atoms with van der Waals surface area (Å²) in [6.07, 6.45) is 0.936. The van der Waals surface area contributed by atoms with E-state index in [1.54, 1.807) is 0 Å². The molecule has 1 aromatic heterocycles. The Morgan fingerprint density at radius 1 is 1.52 bits per heavy atom. The van der Waals surface area contributed by atoms with Crippen LogP contribution in [0.5, 0.6) is 0 Å². The second kappa shape index (κ2) is 9.39. The van der Waals surface area contributed by atoms with Gasteiger partial charge in [-0.3, -0.25) is 9.67 Å². The summed E-state index contributed by atoms with van der Waals surface area (Å²) in [4.78, 5) is 4.38. The Morgan fingerprint density at radius 3 is 2.90 bits per heavy atom. The zero-order chi connectivity index (χ0) is 15.7. The minimum Gasteiger partial charge on any atom is -0.382 e. The maximum Gasteiger partial charge on any atom is 0.188 e. The van der Waals surface area contributed by atoms with Crippen LogP contribution in [0.3, 0.4) is 0 Å². The zero-order valence-corrected chi connectivity index (χ0v) is 13.7. The highest BCUT2D eigenvalue weighted by Crippen LogP contribution is 2.06. The van der Waals surface area contributed by atoms with E-state index in [1.807, 2.05) is 18.5 Å². The first kappa shape index (κ1) is 17.5. The fourth-order valence-electron chi connectivity index (χ4n) is 2.06. The third kappa shape index (κ3) is 7.13. The zero-order valence-electron chi connectivity index (χ0n) is 13.7. The number of aryl methyl sites for hydroxylation is 2. The van der Waals surface area contributed by atoms with Crippen molar-refractivity contribution in [3.05, 3.63) is 17.5 Å². The number of nitrogens with zero attached hydrogens (tertiary/aromatic N) is 3. The average Bonchev–Trinajstić information content (AvgIpc) is 2.74. The molecule has 1 unspecified atom stereocenters. The van der Waals surface area contributed by atoms with E-state index in [0.717, 1.165) is 38.4 Å². The molecule has 0 saturated heterocycles. The predicted molar refractivity (Wildman–Crippen MR) is 86.5 cm³/mol. The van der Waals surface area contributed by atoms with Crippen LogP contribution in [0, 0.1) is 19.8 Å². The molecule has 21 heavy (non-hydrogen) atoms. The smallest absolute Gasteiger partial charge is 0.188 e. The van der Waals surface area contributed by atoms with Crippen molar-refractivity contribution in [3.8, 4) is 0 Å². The third-order valence-electron chi connectivity index (χ3n) is 3.14. The van der Waals surface area contributed by atoms with E-state index in [0.29, 0.717) is 18.4 Å². The molecule has 0 saturated carbocycles. The van der Waals surface area contributed by atoms with Crippen LogP contribution in [0.2, 0.25) is 0 Å². The molecule has 120 valence electrons. The molecule has 0 bridgehead atoms. The number of aromatic nitrogens is 2. The summed E-state index contributed by atoms with van der Waals surface area (Å²) in [6, 6.07) is 2.09. The first-order valence-corrected chi connectivity index (χ1v) is 7.65. The largest absolute Gasteiger partial charge is 0.382 e. The molecule has 1 atom stereocenters. The standard InChI is InChI=1S/C15H29N5O/c1-5-21-8-6-7-17-15(16)18-10-12(2)11-20-14(4)9-13(3)19-20/h9,12H,5-8,10-11H2,1-4H3,(H3,16,17,18). The van der Waals surface area contributed by atoms with Crippen LogP contribution in [0.25, 0.3) is 0 Å². The number of aliphatic imine (C=N–C) groups is 1. The SMILES string of the molecule is CCOCCCNC(N)=NCC(C)Cn1nc(C)cc1C. The molecule has 1 rings (SSSR count). The lowest BCUT2D eigenvalue weighted by Crippen LogP contribution is -2.33. The lowest BCUT2D eigenvalue weighted by molar-refractivity contribution is 0.145. The quantitative estimate of drug-likeness (QED) is 0.411. The van der Waals surface area contributed by atoms with Crippen molar-refractivity contribution in [2.75, 3.05) is 26.3 Å². The number of nitrogens with two attached hydrogens (primary N) is 1. The molecular formula is C15H29N5O. The van der Waals surface area contributed by atoms with Crippen LogP contribution < -0.4 is 11.1 Å². The van der Waals surface area contributed by atoms with Gasteiger partial charge in [-0.25, -0.2) is 0 Å². The van der Waals surface area contributed by atoms with Crippen LogP contribution in [0.4, 0.5) is 0 Å². The molecule has 0 radical (unpaired) electrons. The maximum atomic E-state index is 5.84. The van der Waals surface area contributed by atoms with Gasteiger partial charge in [-0.05, 0) is 39.2 Å². The fourth-order valence-corrected chi connectivity index (χ4v) is 2.06. The topological polar surface area (TPSA) is 77.5 Å². The molecular weight excluding hydrogens is 266 g/mol. The second-order valence-corrected chi connectivity index (χ2v) is 5.42. The van der Waals surface area contributed by atoms with Crippen LogP contribution in [-0.2, 0) is 11.3 Å². The molecule has 0 fully saturated rings. The van der Waals surface area contributed by atoms with E-state index < -0.39 is 0 Å². The average molecular weight is 295 g/mol. The van der Waals surface area contributed by atoms with E-state index in [2.05, 4.69) is 35.3 Å². The summed E-state index contributed by atoms with van der Waals surface area (Å²) in [7, 11) is 0. The van der Waals surface area contributed by atoms with Gasteiger partial charge in [0.2, 0.25) is 0 Å². The minimum atomic E-state index is 0.395. The molecule has 6 nitrogen and oxygen atoms in total. The van der Waals surface area contributed by atoms with Crippen molar-refractivity contribution in [3.63, 3.8) is 0 Å². The van der Waals surface area contributed by atoms with E-state index in [9.17, 15) is 0 Å². The first-order chi connectivity index (χ1) is 10.0. The Balaban J connectivity index is 2.25. The Kier molecular flexibility index (Phi) is 7.82. The van der Waals surface area contributed by atoms with E-state index in [-0.39, 0.29) is 0 Å². The van der Waals surface area contributed by atoms with Gasteiger partial charge in [0, 0.05) is 38.5 Å². The monoisotopic (exact) mass is 295 g/mol. The van der Waals surface area contributed by atoms with E-state index in [1.165, 1.54) is 5.69 Å². The molecule has 1 aromatic rings. The van der Waals surface area contributed by atoms with Crippen molar-refractivity contribution in [2.45, 2.75) is 40.7 Å². The van der Waals surface area contributed by atoms with Gasteiger partial charge in [0.25, 0.3) is 0 Å². The molecule has 0 aliphatic carbocycles. The number of nitrogens with one attached hydrogen (secondary N) is 1. The Morgan fingerprint density at radius 2 is 2.29 bits per heavy atom. The van der Waals surface area contributed by atoms with Gasteiger partial charge in [0.1, 0.15) is 0 Å². The number of hydrogen-bond acceptors (Lipinski definition) is 3. The lowest BCUT2D eigenvalue weighted by Gasteiger charge is -2.11. The molecule has 1 heterocycles. The summed E-state index contributed by atoms with van der Waals surface area (Å²) in [5, 5.41) is 7.56. The Labute approximate surface area is 127 Å². The van der Waals surface area contributed by atoms with Crippen LogP contribution in [0.1, 0.15) is 31.7 Å². The van der Waals surface area contributed by atoms with E-state index in [4.69, 9.17) is 10.5 Å². The molecule has 0 aliphatic rings. The molecule has 0 amide bonds. The van der Waals surface area contributed by atoms with Crippen molar-refractivity contribution < 1.29 is 4.74 Å². The highest BCUT2D eigenvalue weighted by molar-refractivity contribution is 5.77. The summed E-state index contributed by atoms with van der Waals surface area (Å²) in [5.74, 6) is 0.901. The van der Waals surface area contributed by atoms with Crippen molar-refractivity contribution in [1.29, 1.82) is 0 Å². The first-order valence-electron chi connectivity index (χ1n) is 7.65. The van der Waals surface area contributed by atoms with Gasteiger partial charge >= 0.3 is 0 Å². The summed E-state index contributed by atoms with van der Waals surface area (Å²) in [5.41, 5.74) is 8.08. The van der Waals surface area contributed by atoms with Crippen LogP contribution in [0.15, 0.2) is 11.1 Å². The van der Waals surface area contributed by atoms with Gasteiger partial charge < -0.3 is 15.8 Å². The van der Waals surface area contributed by atoms with Gasteiger partial charge in [-0.1, -0.05) is 6.92 Å². The summed E-state index contributed by atoms with van der Waals surface area (Å²) >= 11 is 0. The highest BCUT2D eigenvalue weighted by Gasteiger charge is 2.06. The minimum absolute atomic E-state index is 0.395. The highest BCUT2D eigenvalue weighted by atomic mass is 16.5. The molecule has 6 heteroatoms. The molecule has 0 spiro atoms. The molecule has 3 N–H and O–H groups in total. The van der Waals surface area contributed by atoms with Gasteiger partial charge in [-0.15, -0.1) is 0 Å². The van der Waals surface area contributed by atoms with Crippen molar-refractivity contribution in [2.24, 2.45) is 16.6 Å². The number of hydrogen-bond donors (Lipinski definition) is 2. The van der Waals surface area contributed by atoms with Crippen LogP contribution >= 0.6 is 0 Å². The number of ether oxygens (including phenoxy) is 1. The molecule has 0 aliphatic heterocycles. The van der Waals surface area contributed by atoms with Gasteiger partial charge in [0.15, 0.2) is 5.96 Å². The second-order valence-electron chi connectivity index (χ2n) is 5.42. The Bertz CT molecular complexity index is 441. The van der Waals surface area contributed by atoms with Crippen molar-refractivity contribution >= 4 is 5.96 Å². The fraction of sp³-hybridized carbons (Fsp3) is 0.733. The predicted octanol–water partition coefficient (Wildman–Crippen LogP) is 1.47. The number of guanidine groups is 1. The molecule has 0 aromatic carbocycles. The van der Waals surface area contributed by atoms with Crippen molar-refractivity contribution in [1.82, 2.24) is 15.1 Å². The van der Waals surface area contributed by atoms with Crippen LogP contribution in [-0.4, -0.2) is 42.0 Å². The normalized spacial score (nSPS) is 13.4.